The third-order valence-electron chi connectivity index (χ3n) is 3.99. The number of benzene rings is 1. The second kappa shape index (κ2) is 8.11. The number of nitrogens with one attached hydrogen (secondary N) is 1. The van der Waals surface area contributed by atoms with Crippen molar-refractivity contribution in [3.63, 3.8) is 0 Å². The van der Waals surface area contributed by atoms with E-state index in [0.29, 0.717) is 18.2 Å². The maximum atomic E-state index is 10.1. The Morgan fingerprint density at radius 3 is 2.76 bits per heavy atom. The van der Waals surface area contributed by atoms with Crippen molar-refractivity contribution >= 4 is 11.6 Å². The van der Waals surface area contributed by atoms with Gasteiger partial charge in [0, 0.05) is 5.02 Å². The average Bonchev–Trinajstić information content (AvgIpc) is 2.45. The third-order valence-corrected chi connectivity index (χ3v) is 4.25. The third kappa shape index (κ3) is 5.57. The van der Waals surface area contributed by atoms with Gasteiger partial charge in [-0.2, -0.15) is 0 Å². The van der Waals surface area contributed by atoms with E-state index in [1.807, 2.05) is 31.2 Å². The predicted octanol–water partition coefficient (Wildman–Crippen LogP) is 0.818. The van der Waals surface area contributed by atoms with Gasteiger partial charge < -0.3 is 19.8 Å². The lowest BCUT2D eigenvalue weighted by molar-refractivity contribution is -0.911. The van der Waals surface area contributed by atoms with Gasteiger partial charge in [0.05, 0.1) is 19.3 Å². The fourth-order valence-electron chi connectivity index (χ4n) is 2.79. The van der Waals surface area contributed by atoms with Gasteiger partial charge in [-0.15, -0.1) is 0 Å². The Kier molecular flexibility index (Phi) is 6.45. The molecule has 3 N–H and O–H groups in total. The molecule has 4 nitrogen and oxygen atoms in total. The maximum absolute atomic E-state index is 10.1. The summed E-state index contributed by atoms with van der Waals surface area (Å²) in [6.07, 6.45) is 1.10. The molecule has 0 amide bonds. The van der Waals surface area contributed by atoms with Gasteiger partial charge in [-0.05, 0) is 37.5 Å². The minimum atomic E-state index is -0.500. The van der Waals surface area contributed by atoms with Crippen LogP contribution >= 0.6 is 11.6 Å². The number of rotatable bonds is 6. The summed E-state index contributed by atoms with van der Waals surface area (Å²) >= 11 is 5.86. The summed E-state index contributed by atoms with van der Waals surface area (Å²) < 4.78 is 5.73. The van der Waals surface area contributed by atoms with Gasteiger partial charge in [0.1, 0.15) is 25.3 Å². The van der Waals surface area contributed by atoms with Crippen LogP contribution in [-0.4, -0.2) is 48.7 Å². The van der Waals surface area contributed by atoms with E-state index in [-0.39, 0.29) is 12.2 Å². The number of quaternary nitrogens is 1. The molecule has 0 bridgehead atoms. The van der Waals surface area contributed by atoms with Crippen LogP contribution in [-0.2, 0) is 4.74 Å². The fraction of sp³-hybridized carbons (Fsp3) is 0.625. The van der Waals surface area contributed by atoms with Crippen LogP contribution < -0.4 is 4.90 Å². The van der Waals surface area contributed by atoms with Crippen LogP contribution in [0.15, 0.2) is 24.3 Å². The van der Waals surface area contributed by atoms with E-state index in [0.717, 1.165) is 31.5 Å². The summed E-state index contributed by atoms with van der Waals surface area (Å²) in [5, 5.41) is 20.4. The molecule has 0 saturated carbocycles. The molecule has 118 valence electrons. The van der Waals surface area contributed by atoms with Crippen molar-refractivity contribution in [3.05, 3.63) is 34.9 Å². The van der Waals surface area contributed by atoms with Crippen LogP contribution in [0.3, 0.4) is 0 Å². The fourth-order valence-corrected chi connectivity index (χ4v) is 2.91. The Morgan fingerprint density at radius 1 is 1.38 bits per heavy atom. The minimum Gasteiger partial charge on any atom is -0.387 e. The number of ether oxygens (including phenoxy) is 1. The van der Waals surface area contributed by atoms with Crippen molar-refractivity contribution in [2.24, 2.45) is 0 Å². The number of aliphatic hydroxyl groups excluding tert-OH is 2. The first-order chi connectivity index (χ1) is 10.0. The highest BCUT2D eigenvalue weighted by molar-refractivity contribution is 6.30. The normalized spacial score (nSPS) is 25.5. The number of hydrogen-bond donors (Lipinski definition) is 3. The molecule has 1 unspecified atom stereocenters. The number of aliphatic hydroxyl groups is 2. The zero-order chi connectivity index (χ0) is 15.2. The van der Waals surface area contributed by atoms with Gasteiger partial charge in [0.2, 0.25) is 0 Å². The van der Waals surface area contributed by atoms with Crippen LogP contribution in [0, 0.1) is 0 Å². The number of hydrogen-bond acceptors (Lipinski definition) is 3. The molecule has 1 fully saturated rings. The highest BCUT2D eigenvalue weighted by atomic mass is 35.5. The molecule has 5 heteroatoms. The highest BCUT2D eigenvalue weighted by Crippen LogP contribution is 2.19. The van der Waals surface area contributed by atoms with E-state index >= 15 is 0 Å². The number of piperidine rings is 1. The molecule has 1 aliphatic heterocycles. The van der Waals surface area contributed by atoms with Crippen LogP contribution in [0.5, 0.6) is 0 Å². The summed E-state index contributed by atoms with van der Waals surface area (Å²) in [5.41, 5.74) is 1.05. The van der Waals surface area contributed by atoms with Crippen molar-refractivity contribution in [2.45, 2.75) is 38.1 Å². The van der Waals surface area contributed by atoms with Crippen molar-refractivity contribution in [2.75, 3.05) is 26.2 Å². The molecule has 0 aromatic heterocycles. The monoisotopic (exact) mass is 314 g/mol. The maximum Gasteiger partial charge on any atom is 0.126 e. The number of likely N-dealkylation sites (tertiary alicyclic amines) is 1. The molecule has 0 spiro atoms. The number of halogens is 1. The minimum absolute atomic E-state index is 0.0705. The van der Waals surface area contributed by atoms with Gasteiger partial charge in [-0.25, -0.2) is 0 Å². The van der Waals surface area contributed by atoms with Crippen molar-refractivity contribution in [3.8, 4) is 0 Å². The Labute approximate surface area is 131 Å². The van der Waals surface area contributed by atoms with Gasteiger partial charge in [0.15, 0.2) is 0 Å². The van der Waals surface area contributed by atoms with Gasteiger partial charge >= 0.3 is 0 Å². The lowest BCUT2D eigenvalue weighted by Crippen LogP contribution is -3.15. The Balaban J connectivity index is 1.72. The SMILES string of the molecule is C[C@H](OC[C@@H](O)C[NH+]1CCC[C@H](O)C1)c1ccc(Cl)cc1. The second-order valence-electron chi connectivity index (χ2n) is 5.89. The first-order valence-corrected chi connectivity index (χ1v) is 7.99. The van der Waals surface area contributed by atoms with Crippen molar-refractivity contribution < 1.29 is 19.8 Å². The molecular formula is C16H25ClNO3+. The van der Waals surface area contributed by atoms with E-state index in [9.17, 15) is 10.2 Å². The average molecular weight is 315 g/mol. The first kappa shape index (κ1) is 16.7. The molecule has 4 atom stereocenters. The molecule has 1 aromatic carbocycles. The molecular weight excluding hydrogens is 290 g/mol. The Bertz CT molecular complexity index is 426. The van der Waals surface area contributed by atoms with Crippen molar-refractivity contribution in [1.29, 1.82) is 0 Å². The molecule has 0 aliphatic carbocycles. The van der Waals surface area contributed by atoms with E-state index in [2.05, 4.69) is 0 Å². The smallest absolute Gasteiger partial charge is 0.126 e. The molecule has 21 heavy (non-hydrogen) atoms. The van der Waals surface area contributed by atoms with Crippen LogP contribution in [0.1, 0.15) is 31.4 Å². The zero-order valence-corrected chi connectivity index (χ0v) is 13.2. The second-order valence-corrected chi connectivity index (χ2v) is 6.32. The summed E-state index contributed by atoms with van der Waals surface area (Å²) in [7, 11) is 0. The largest absolute Gasteiger partial charge is 0.387 e. The molecule has 2 rings (SSSR count). The van der Waals surface area contributed by atoms with E-state index < -0.39 is 6.10 Å². The van der Waals surface area contributed by atoms with Crippen LogP contribution in [0.25, 0.3) is 0 Å². The summed E-state index contributed by atoms with van der Waals surface area (Å²) in [6.45, 7) is 4.64. The molecule has 1 aromatic rings. The Hall–Kier alpha value is -0.650. The standard InChI is InChI=1S/C16H24ClNO3/c1-12(13-4-6-14(17)7-5-13)21-11-16(20)10-18-8-2-3-15(19)9-18/h4-7,12,15-16,19-20H,2-3,8-11H2,1H3/p+1/t12-,15-,16-/m0/s1. The van der Waals surface area contributed by atoms with Gasteiger partial charge in [0.25, 0.3) is 0 Å². The molecule has 1 saturated heterocycles. The first-order valence-electron chi connectivity index (χ1n) is 7.61. The van der Waals surface area contributed by atoms with Crippen LogP contribution in [0.2, 0.25) is 5.02 Å². The van der Waals surface area contributed by atoms with Crippen molar-refractivity contribution in [1.82, 2.24) is 0 Å². The predicted molar refractivity (Wildman–Crippen MR) is 82.6 cm³/mol. The molecule has 1 aliphatic rings. The van der Waals surface area contributed by atoms with E-state index in [4.69, 9.17) is 16.3 Å². The molecule has 0 radical (unpaired) electrons. The summed E-state index contributed by atoms with van der Waals surface area (Å²) in [6, 6.07) is 7.55. The Morgan fingerprint density at radius 2 is 2.10 bits per heavy atom. The van der Waals surface area contributed by atoms with Crippen LogP contribution in [0.4, 0.5) is 0 Å². The van der Waals surface area contributed by atoms with E-state index in [1.54, 1.807) is 0 Å². The van der Waals surface area contributed by atoms with Gasteiger partial charge in [-0.3, -0.25) is 0 Å². The topological polar surface area (TPSA) is 54.1 Å². The summed E-state index contributed by atoms with van der Waals surface area (Å²) in [5.74, 6) is 0. The van der Waals surface area contributed by atoms with Gasteiger partial charge in [-0.1, -0.05) is 23.7 Å². The van der Waals surface area contributed by atoms with E-state index in [1.165, 1.54) is 4.90 Å². The zero-order valence-electron chi connectivity index (χ0n) is 12.5. The lowest BCUT2D eigenvalue weighted by atomic mass is 10.1. The lowest BCUT2D eigenvalue weighted by Gasteiger charge is -2.28. The summed E-state index contributed by atoms with van der Waals surface area (Å²) in [4.78, 5) is 1.25. The quantitative estimate of drug-likeness (QED) is 0.728. The highest BCUT2D eigenvalue weighted by Gasteiger charge is 2.23. The molecule has 1 heterocycles.